The number of nitrogens with zero attached hydrogens (tertiary/aromatic N) is 1. The van der Waals surface area contributed by atoms with Gasteiger partial charge in [0.25, 0.3) is 5.91 Å². The van der Waals surface area contributed by atoms with Gasteiger partial charge in [-0.2, -0.15) is 0 Å². The van der Waals surface area contributed by atoms with Gasteiger partial charge in [-0.3, -0.25) is 4.79 Å². The number of carbonyl (C=O) groups excluding carboxylic acids is 2. The third-order valence-corrected chi connectivity index (χ3v) is 5.21. The topological polar surface area (TPSA) is 61.4 Å². The molecule has 2 aromatic carbocycles. The number of carbonyl (C=O) groups is 2. The van der Waals surface area contributed by atoms with Crippen LogP contribution in [0, 0.1) is 5.92 Å². The van der Waals surface area contributed by atoms with E-state index in [4.69, 9.17) is 0 Å². The second-order valence-electron chi connectivity index (χ2n) is 7.23. The number of hydrogen-bond donors (Lipinski definition) is 2. The molecule has 0 spiro atoms. The molecule has 1 aliphatic carbocycles. The van der Waals surface area contributed by atoms with E-state index in [0.29, 0.717) is 30.3 Å². The summed E-state index contributed by atoms with van der Waals surface area (Å²) < 4.78 is 0. The number of rotatable bonds is 4. The van der Waals surface area contributed by atoms with E-state index in [1.54, 1.807) is 29.2 Å². The SMILES string of the molecule is C[C@H](NC(=O)c1ccc(NC(=O)N2Cc3ccccc3C2)cc1)C1CC1. The maximum absolute atomic E-state index is 12.5. The number of fused-ring (bicyclic) bond motifs is 1. The number of anilines is 1. The fourth-order valence-electron chi connectivity index (χ4n) is 3.39. The lowest BCUT2D eigenvalue weighted by molar-refractivity contribution is 0.0936. The Morgan fingerprint density at radius 1 is 1.00 bits per heavy atom. The highest BCUT2D eigenvalue weighted by molar-refractivity contribution is 5.95. The molecule has 0 unspecified atom stereocenters. The maximum atomic E-state index is 12.5. The van der Waals surface area contributed by atoms with Crippen molar-refractivity contribution in [1.82, 2.24) is 10.2 Å². The quantitative estimate of drug-likeness (QED) is 0.883. The molecule has 2 aliphatic rings. The number of urea groups is 1. The molecule has 26 heavy (non-hydrogen) atoms. The summed E-state index contributed by atoms with van der Waals surface area (Å²) in [5.41, 5.74) is 3.70. The molecule has 1 atom stereocenters. The fraction of sp³-hybridized carbons (Fsp3) is 0.333. The molecule has 1 saturated carbocycles. The molecular weight excluding hydrogens is 326 g/mol. The van der Waals surface area contributed by atoms with Crippen molar-refractivity contribution in [2.24, 2.45) is 5.92 Å². The van der Waals surface area contributed by atoms with Gasteiger partial charge in [0.2, 0.25) is 0 Å². The summed E-state index contributed by atoms with van der Waals surface area (Å²) in [4.78, 5) is 26.5. The number of amides is 3. The van der Waals surface area contributed by atoms with E-state index in [-0.39, 0.29) is 18.0 Å². The minimum absolute atomic E-state index is 0.0581. The Balaban J connectivity index is 1.34. The highest BCUT2D eigenvalue weighted by Gasteiger charge is 2.29. The summed E-state index contributed by atoms with van der Waals surface area (Å²) in [7, 11) is 0. The predicted molar refractivity (Wildman–Crippen MR) is 101 cm³/mol. The van der Waals surface area contributed by atoms with Crippen LogP contribution in [-0.4, -0.2) is 22.9 Å². The van der Waals surface area contributed by atoms with E-state index in [9.17, 15) is 9.59 Å². The van der Waals surface area contributed by atoms with Crippen molar-refractivity contribution in [1.29, 1.82) is 0 Å². The normalized spacial score (nSPS) is 16.7. The van der Waals surface area contributed by atoms with Crippen LogP contribution in [0.3, 0.4) is 0 Å². The smallest absolute Gasteiger partial charge is 0.322 e. The van der Waals surface area contributed by atoms with Crippen LogP contribution in [0.1, 0.15) is 41.3 Å². The molecule has 1 aliphatic heterocycles. The molecular formula is C21H23N3O2. The van der Waals surface area contributed by atoms with Crippen molar-refractivity contribution < 1.29 is 9.59 Å². The molecule has 2 aromatic rings. The van der Waals surface area contributed by atoms with Crippen LogP contribution in [0.15, 0.2) is 48.5 Å². The summed E-state index contributed by atoms with van der Waals surface area (Å²) in [6.07, 6.45) is 2.40. The van der Waals surface area contributed by atoms with Gasteiger partial charge in [0.05, 0.1) is 0 Å². The Kier molecular flexibility index (Phi) is 4.37. The van der Waals surface area contributed by atoms with Gasteiger partial charge >= 0.3 is 6.03 Å². The summed E-state index contributed by atoms with van der Waals surface area (Å²) in [6, 6.07) is 15.3. The highest BCUT2D eigenvalue weighted by Crippen LogP contribution is 2.32. The molecule has 5 nitrogen and oxygen atoms in total. The van der Waals surface area contributed by atoms with Crippen molar-refractivity contribution >= 4 is 17.6 Å². The second-order valence-corrected chi connectivity index (χ2v) is 7.23. The molecule has 0 radical (unpaired) electrons. The van der Waals surface area contributed by atoms with Crippen molar-refractivity contribution in [3.05, 3.63) is 65.2 Å². The van der Waals surface area contributed by atoms with Gasteiger partial charge in [-0.05, 0) is 61.1 Å². The van der Waals surface area contributed by atoms with Gasteiger partial charge in [0, 0.05) is 30.4 Å². The highest BCUT2D eigenvalue weighted by atomic mass is 16.2. The minimum atomic E-state index is -0.124. The van der Waals surface area contributed by atoms with Gasteiger partial charge in [-0.15, -0.1) is 0 Å². The van der Waals surface area contributed by atoms with Crippen LogP contribution in [-0.2, 0) is 13.1 Å². The Bertz CT molecular complexity index is 802. The zero-order chi connectivity index (χ0) is 18.1. The predicted octanol–water partition coefficient (Wildman–Crippen LogP) is 3.76. The molecule has 0 bridgehead atoms. The molecule has 0 aromatic heterocycles. The lowest BCUT2D eigenvalue weighted by Gasteiger charge is -2.17. The van der Waals surface area contributed by atoms with Gasteiger partial charge in [0.1, 0.15) is 0 Å². The first-order valence-corrected chi connectivity index (χ1v) is 9.14. The van der Waals surface area contributed by atoms with Gasteiger partial charge in [-0.1, -0.05) is 24.3 Å². The average molecular weight is 349 g/mol. The molecule has 0 saturated heterocycles. The number of nitrogens with one attached hydrogen (secondary N) is 2. The first-order chi connectivity index (χ1) is 12.6. The third-order valence-electron chi connectivity index (χ3n) is 5.21. The Morgan fingerprint density at radius 2 is 1.62 bits per heavy atom. The van der Waals surface area contributed by atoms with Gasteiger partial charge < -0.3 is 15.5 Å². The molecule has 3 amide bonds. The summed E-state index contributed by atoms with van der Waals surface area (Å²) in [5.74, 6) is 0.569. The Morgan fingerprint density at radius 3 is 2.19 bits per heavy atom. The first-order valence-electron chi connectivity index (χ1n) is 9.14. The molecule has 1 fully saturated rings. The van der Waals surface area contributed by atoms with E-state index >= 15 is 0 Å². The van der Waals surface area contributed by atoms with Crippen LogP contribution < -0.4 is 10.6 Å². The van der Waals surface area contributed by atoms with E-state index < -0.39 is 0 Å². The van der Waals surface area contributed by atoms with E-state index in [0.717, 1.165) is 0 Å². The van der Waals surface area contributed by atoms with E-state index in [1.165, 1.54) is 24.0 Å². The number of hydrogen-bond acceptors (Lipinski definition) is 2. The largest absolute Gasteiger partial charge is 0.349 e. The lowest BCUT2D eigenvalue weighted by Crippen LogP contribution is -2.34. The molecule has 2 N–H and O–H groups in total. The lowest BCUT2D eigenvalue weighted by atomic mass is 10.1. The van der Waals surface area contributed by atoms with Crippen molar-refractivity contribution in [2.45, 2.75) is 38.9 Å². The Hall–Kier alpha value is -2.82. The minimum Gasteiger partial charge on any atom is -0.349 e. The van der Waals surface area contributed by atoms with Crippen LogP contribution >= 0.6 is 0 Å². The van der Waals surface area contributed by atoms with Gasteiger partial charge in [-0.25, -0.2) is 4.79 Å². The molecule has 5 heteroatoms. The molecule has 1 heterocycles. The van der Waals surface area contributed by atoms with Crippen molar-refractivity contribution in [3.8, 4) is 0 Å². The summed E-state index contributed by atoms with van der Waals surface area (Å²) >= 11 is 0. The van der Waals surface area contributed by atoms with Gasteiger partial charge in [0.15, 0.2) is 0 Å². The summed E-state index contributed by atoms with van der Waals surface area (Å²) in [6.45, 7) is 3.31. The average Bonchev–Trinajstić information content (AvgIpc) is 3.41. The van der Waals surface area contributed by atoms with E-state index in [1.807, 2.05) is 12.1 Å². The third kappa shape index (κ3) is 3.57. The molecule has 134 valence electrons. The van der Waals surface area contributed by atoms with Crippen molar-refractivity contribution in [3.63, 3.8) is 0 Å². The summed E-state index contributed by atoms with van der Waals surface area (Å²) in [5, 5.41) is 5.95. The molecule has 4 rings (SSSR count). The van der Waals surface area contributed by atoms with Crippen LogP contribution in [0.2, 0.25) is 0 Å². The number of benzene rings is 2. The first kappa shape index (κ1) is 16.6. The van der Waals surface area contributed by atoms with E-state index in [2.05, 4.69) is 29.7 Å². The van der Waals surface area contributed by atoms with Crippen LogP contribution in [0.25, 0.3) is 0 Å². The standard InChI is InChI=1S/C21H23N3O2/c1-14(15-6-7-15)22-20(25)16-8-10-19(11-9-16)23-21(26)24-12-17-4-2-3-5-18(17)13-24/h2-5,8-11,14-15H,6-7,12-13H2,1H3,(H,22,25)(H,23,26)/t14-/m0/s1. The van der Waals surface area contributed by atoms with Crippen LogP contribution in [0.4, 0.5) is 10.5 Å². The van der Waals surface area contributed by atoms with Crippen molar-refractivity contribution in [2.75, 3.05) is 5.32 Å². The monoisotopic (exact) mass is 349 g/mol. The fourth-order valence-corrected chi connectivity index (χ4v) is 3.39. The zero-order valence-corrected chi connectivity index (χ0v) is 14.9. The Labute approximate surface area is 153 Å². The maximum Gasteiger partial charge on any atom is 0.322 e. The van der Waals surface area contributed by atoms with Crippen LogP contribution in [0.5, 0.6) is 0 Å². The zero-order valence-electron chi connectivity index (χ0n) is 14.9. The second kappa shape index (κ2) is 6.83.